The van der Waals surface area contributed by atoms with E-state index in [0.717, 1.165) is 11.6 Å². The molecule has 0 aliphatic heterocycles. The molecule has 2 rings (SSSR count). The summed E-state index contributed by atoms with van der Waals surface area (Å²) in [5, 5.41) is 6.38. The minimum absolute atomic E-state index is 0.0696. The predicted octanol–water partition coefficient (Wildman–Crippen LogP) is 3.40. The molecule has 1 aromatic rings. The van der Waals surface area contributed by atoms with Crippen LogP contribution < -0.4 is 16.4 Å². The van der Waals surface area contributed by atoms with Gasteiger partial charge in [-0.05, 0) is 43.9 Å². The van der Waals surface area contributed by atoms with E-state index in [9.17, 15) is 4.79 Å². The third-order valence-electron chi connectivity index (χ3n) is 4.43. The smallest absolute Gasteiger partial charge is 0.251 e. The van der Waals surface area contributed by atoms with E-state index in [1.54, 1.807) is 6.07 Å². The van der Waals surface area contributed by atoms with Gasteiger partial charge < -0.3 is 16.4 Å². The highest BCUT2D eigenvalue weighted by atomic mass is 16.1. The second-order valence-electron chi connectivity index (χ2n) is 5.87. The summed E-state index contributed by atoms with van der Waals surface area (Å²) in [5.74, 6) is 0.654. The summed E-state index contributed by atoms with van der Waals surface area (Å²) >= 11 is 0. The molecule has 0 heterocycles. The maximum Gasteiger partial charge on any atom is 0.251 e. The Morgan fingerprint density at radius 1 is 1.29 bits per heavy atom. The van der Waals surface area contributed by atoms with E-state index < -0.39 is 0 Å². The van der Waals surface area contributed by atoms with Crippen LogP contribution >= 0.6 is 0 Å². The van der Waals surface area contributed by atoms with Gasteiger partial charge in [0.25, 0.3) is 5.91 Å². The van der Waals surface area contributed by atoms with Crippen molar-refractivity contribution >= 4 is 17.3 Å². The van der Waals surface area contributed by atoms with Crippen LogP contribution in [0, 0.1) is 5.92 Å². The molecule has 1 fully saturated rings. The van der Waals surface area contributed by atoms with Crippen molar-refractivity contribution in [1.29, 1.82) is 0 Å². The number of hydrogen-bond donors (Lipinski definition) is 3. The van der Waals surface area contributed by atoms with Gasteiger partial charge in [-0.1, -0.05) is 26.2 Å². The molecule has 4 nitrogen and oxygen atoms in total. The lowest BCUT2D eigenvalue weighted by Gasteiger charge is -2.32. The quantitative estimate of drug-likeness (QED) is 0.728. The van der Waals surface area contributed by atoms with E-state index >= 15 is 0 Å². The van der Waals surface area contributed by atoms with E-state index in [2.05, 4.69) is 17.6 Å². The molecule has 2 atom stereocenters. The molecule has 1 aliphatic rings. The molecule has 116 valence electrons. The molecule has 1 saturated carbocycles. The summed E-state index contributed by atoms with van der Waals surface area (Å²) in [6.45, 7) is 4.79. The highest BCUT2D eigenvalue weighted by molar-refractivity contribution is 5.96. The lowest BCUT2D eigenvalue weighted by atomic mass is 9.82. The van der Waals surface area contributed by atoms with Crippen molar-refractivity contribution in [1.82, 2.24) is 5.32 Å². The molecule has 0 saturated heterocycles. The fraction of sp³-hybridized carbons (Fsp3) is 0.588. The van der Waals surface area contributed by atoms with Crippen LogP contribution in [0.2, 0.25) is 0 Å². The molecule has 1 aliphatic carbocycles. The fourth-order valence-corrected chi connectivity index (χ4v) is 3.18. The SMILES string of the molecule is CCNC(=O)c1ccc(NC2CCCCC2CC)c(N)c1. The number of nitrogen functional groups attached to an aromatic ring is 1. The zero-order chi connectivity index (χ0) is 15.2. The van der Waals surface area contributed by atoms with Crippen LogP contribution in [0.4, 0.5) is 11.4 Å². The second-order valence-corrected chi connectivity index (χ2v) is 5.87. The first-order valence-electron chi connectivity index (χ1n) is 8.10. The van der Waals surface area contributed by atoms with Crippen molar-refractivity contribution < 1.29 is 4.79 Å². The molecular weight excluding hydrogens is 262 g/mol. The van der Waals surface area contributed by atoms with Crippen LogP contribution in [-0.4, -0.2) is 18.5 Å². The first-order valence-corrected chi connectivity index (χ1v) is 8.10. The average Bonchev–Trinajstić information content (AvgIpc) is 2.50. The van der Waals surface area contributed by atoms with Crippen LogP contribution in [0.1, 0.15) is 56.3 Å². The molecule has 21 heavy (non-hydrogen) atoms. The number of anilines is 2. The van der Waals surface area contributed by atoms with Gasteiger partial charge in [-0.25, -0.2) is 0 Å². The van der Waals surface area contributed by atoms with E-state index in [4.69, 9.17) is 5.73 Å². The summed E-state index contributed by atoms with van der Waals surface area (Å²) in [6, 6.07) is 6.03. The highest BCUT2D eigenvalue weighted by Crippen LogP contribution is 2.31. The van der Waals surface area contributed by atoms with Gasteiger partial charge >= 0.3 is 0 Å². The Kier molecular flexibility index (Phi) is 5.48. The third kappa shape index (κ3) is 3.90. The highest BCUT2D eigenvalue weighted by Gasteiger charge is 2.23. The number of benzene rings is 1. The Labute approximate surface area is 127 Å². The molecule has 2 unspecified atom stereocenters. The zero-order valence-corrected chi connectivity index (χ0v) is 13.1. The number of nitrogens with two attached hydrogens (primary N) is 1. The number of carbonyl (C=O) groups is 1. The lowest BCUT2D eigenvalue weighted by Crippen LogP contribution is -2.32. The average molecular weight is 289 g/mol. The summed E-state index contributed by atoms with van der Waals surface area (Å²) in [7, 11) is 0. The Bertz CT molecular complexity index is 487. The minimum atomic E-state index is -0.0696. The Hall–Kier alpha value is -1.71. The first-order chi connectivity index (χ1) is 10.2. The normalized spacial score (nSPS) is 21.8. The van der Waals surface area contributed by atoms with Crippen molar-refractivity contribution in [3.05, 3.63) is 23.8 Å². The lowest BCUT2D eigenvalue weighted by molar-refractivity contribution is 0.0956. The number of rotatable bonds is 5. The summed E-state index contributed by atoms with van der Waals surface area (Å²) in [5.41, 5.74) is 8.34. The summed E-state index contributed by atoms with van der Waals surface area (Å²) < 4.78 is 0. The van der Waals surface area contributed by atoms with Gasteiger partial charge in [0.1, 0.15) is 0 Å². The molecular formula is C17H27N3O. The van der Waals surface area contributed by atoms with E-state index in [0.29, 0.717) is 23.8 Å². The van der Waals surface area contributed by atoms with Gasteiger partial charge in [-0.2, -0.15) is 0 Å². The van der Waals surface area contributed by atoms with Gasteiger partial charge in [0.05, 0.1) is 11.4 Å². The van der Waals surface area contributed by atoms with Gasteiger partial charge in [0, 0.05) is 18.2 Å². The van der Waals surface area contributed by atoms with Crippen LogP contribution in [0.3, 0.4) is 0 Å². The first kappa shape index (κ1) is 15.7. The number of amides is 1. The molecule has 4 N–H and O–H groups in total. The van der Waals surface area contributed by atoms with Gasteiger partial charge in [0.15, 0.2) is 0 Å². The molecule has 1 amide bonds. The van der Waals surface area contributed by atoms with E-state index in [-0.39, 0.29) is 5.91 Å². The Balaban J connectivity index is 2.08. The van der Waals surface area contributed by atoms with Crippen LogP contribution in [0.15, 0.2) is 18.2 Å². The summed E-state index contributed by atoms with van der Waals surface area (Å²) in [6.07, 6.45) is 6.32. The largest absolute Gasteiger partial charge is 0.397 e. The molecule has 0 aromatic heterocycles. The Morgan fingerprint density at radius 3 is 2.71 bits per heavy atom. The second kappa shape index (κ2) is 7.34. The molecule has 4 heteroatoms. The van der Waals surface area contributed by atoms with Gasteiger partial charge in [0.2, 0.25) is 0 Å². The molecule has 0 spiro atoms. The van der Waals surface area contributed by atoms with Gasteiger partial charge in [-0.3, -0.25) is 4.79 Å². The molecule has 0 bridgehead atoms. The predicted molar refractivity (Wildman–Crippen MR) is 88.5 cm³/mol. The van der Waals surface area contributed by atoms with E-state index in [1.165, 1.54) is 32.1 Å². The molecule has 1 aromatic carbocycles. The fourth-order valence-electron chi connectivity index (χ4n) is 3.18. The summed E-state index contributed by atoms with van der Waals surface area (Å²) in [4.78, 5) is 11.8. The van der Waals surface area contributed by atoms with Gasteiger partial charge in [-0.15, -0.1) is 0 Å². The van der Waals surface area contributed by atoms with Crippen molar-refractivity contribution in [2.24, 2.45) is 5.92 Å². The van der Waals surface area contributed by atoms with Crippen molar-refractivity contribution in [3.63, 3.8) is 0 Å². The van der Waals surface area contributed by atoms with Crippen molar-refractivity contribution in [2.45, 2.75) is 52.0 Å². The van der Waals surface area contributed by atoms with Crippen LogP contribution in [0.25, 0.3) is 0 Å². The maximum atomic E-state index is 11.8. The number of hydrogen-bond acceptors (Lipinski definition) is 3. The molecule has 0 radical (unpaired) electrons. The number of nitrogens with one attached hydrogen (secondary N) is 2. The van der Waals surface area contributed by atoms with E-state index in [1.807, 2.05) is 19.1 Å². The zero-order valence-electron chi connectivity index (χ0n) is 13.1. The van der Waals surface area contributed by atoms with Crippen molar-refractivity contribution in [2.75, 3.05) is 17.6 Å². The van der Waals surface area contributed by atoms with Crippen molar-refractivity contribution in [3.8, 4) is 0 Å². The topological polar surface area (TPSA) is 67.2 Å². The standard InChI is InChI=1S/C17H27N3O/c1-3-12-7-5-6-8-15(12)20-16-10-9-13(11-14(16)18)17(21)19-4-2/h9-12,15,20H,3-8,18H2,1-2H3,(H,19,21). The Morgan fingerprint density at radius 2 is 2.05 bits per heavy atom. The van der Waals surface area contributed by atoms with Crippen LogP contribution in [0.5, 0.6) is 0 Å². The van der Waals surface area contributed by atoms with Crippen LogP contribution in [-0.2, 0) is 0 Å². The minimum Gasteiger partial charge on any atom is -0.397 e. The number of carbonyl (C=O) groups excluding carboxylic acids is 1. The monoisotopic (exact) mass is 289 g/mol. The maximum absolute atomic E-state index is 11.8. The third-order valence-corrected chi connectivity index (χ3v) is 4.43.